The summed E-state index contributed by atoms with van der Waals surface area (Å²) in [6.07, 6.45) is 8.42. The fourth-order valence-electron chi connectivity index (χ4n) is 3.00. The molecule has 0 saturated heterocycles. The summed E-state index contributed by atoms with van der Waals surface area (Å²) in [5.74, 6) is 1.45. The van der Waals surface area contributed by atoms with E-state index in [1.807, 2.05) is 11.3 Å². The predicted octanol–water partition coefficient (Wildman–Crippen LogP) is 4.89. The van der Waals surface area contributed by atoms with Crippen LogP contribution in [-0.4, -0.2) is 11.5 Å². The van der Waals surface area contributed by atoms with Crippen LogP contribution >= 0.6 is 11.3 Å². The minimum atomic E-state index is 0.477. The quantitative estimate of drug-likeness (QED) is 0.802. The molecule has 0 aromatic carbocycles. The summed E-state index contributed by atoms with van der Waals surface area (Å²) in [5, 5.41) is 7.19. The van der Waals surface area contributed by atoms with E-state index in [-0.39, 0.29) is 0 Å². The predicted molar refractivity (Wildman–Crippen MR) is 83.8 cm³/mol. The van der Waals surface area contributed by atoms with Crippen LogP contribution in [0.1, 0.15) is 82.0 Å². The molecule has 1 N–H and O–H groups in total. The van der Waals surface area contributed by atoms with Crippen molar-refractivity contribution in [3.05, 3.63) is 16.1 Å². The number of aromatic nitrogens is 1. The Balaban J connectivity index is 2.00. The molecular weight excluding hydrogens is 252 g/mol. The first kappa shape index (κ1) is 15.0. The summed E-state index contributed by atoms with van der Waals surface area (Å²) in [6, 6.07) is 0.477. The van der Waals surface area contributed by atoms with Crippen molar-refractivity contribution in [3.8, 4) is 0 Å². The molecule has 19 heavy (non-hydrogen) atoms. The third-order valence-electron chi connectivity index (χ3n) is 4.17. The largest absolute Gasteiger partial charge is 0.308 e. The van der Waals surface area contributed by atoms with Gasteiger partial charge in [0.05, 0.1) is 11.7 Å². The van der Waals surface area contributed by atoms with E-state index < -0.39 is 0 Å². The van der Waals surface area contributed by atoms with Crippen LogP contribution in [0.3, 0.4) is 0 Å². The van der Waals surface area contributed by atoms with E-state index in [1.165, 1.54) is 49.2 Å². The van der Waals surface area contributed by atoms with Gasteiger partial charge in [0.15, 0.2) is 0 Å². The maximum Gasteiger partial charge on any atom is 0.110 e. The number of hydrogen-bond donors (Lipinski definition) is 1. The fraction of sp³-hybridized carbons (Fsp3) is 0.812. The molecule has 2 rings (SSSR count). The lowest BCUT2D eigenvalue weighted by Crippen LogP contribution is -2.24. The third-order valence-corrected chi connectivity index (χ3v) is 5.15. The zero-order valence-corrected chi connectivity index (χ0v) is 13.4. The van der Waals surface area contributed by atoms with E-state index in [9.17, 15) is 0 Å². The van der Waals surface area contributed by atoms with Gasteiger partial charge in [-0.25, -0.2) is 4.98 Å². The average Bonchev–Trinajstić information content (AvgIpc) is 2.89. The van der Waals surface area contributed by atoms with Gasteiger partial charge in [0.2, 0.25) is 0 Å². The molecule has 0 aliphatic heterocycles. The highest BCUT2D eigenvalue weighted by molar-refractivity contribution is 7.09. The molecule has 1 aliphatic carbocycles. The number of nitrogens with one attached hydrogen (secondary N) is 1. The Hall–Kier alpha value is -0.410. The molecule has 0 spiro atoms. The maximum absolute atomic E-state index is 4.85. The van der Waals surface area contributed by atoms with Gasteiger partial charge < -0.3 is 5.32 Å². The van der Waals surface area contributed by atoms with Crippen molar-refractivity contribution in [2.45, 2.75) is 71.3 Å². The van der Waals surface area contributed by atoms with Crippen molar-refractivity contribution < 1.29 is 0 Å². The minimum Gasteiger partial charge on any atom is -0.308 e. The van der Waals surface area contributed by atoms with Crippen LogP contribution < -0.4 is 5.32 Å². The normalized spacial score (nSPS) is 18.9. The van der Waals surface area contributed by atoms with Crippen molar-refractivity contribution in [2.75, 3.05) is 6.54 Å². The first-order valence-electron chi connectivity index (χ1n) is 7.89. The molecular formula is C16H28N2S. The summed E-state index contributed by atoms with van der Waals surface area (Å²) in [4.78, 5) is 4.85. The Morgan fingerprint density at radius 3 is 2.63 bits per heavy atom. The molecule has 1 aromatic heterocycles. The van der Waals surface area contributed by atoms with E-state index in [4.69, 9.17) is 4.98 Å². The zero-order valence-electron chi connectivity index (χ0n) is 12.6. The minimum absolute atomic E-state index is 0.477. The Morgan fingerprint density at radius 2 is 2.05 bits per heavy atom. The molecule has 1 heterocycles. The van der Waals surface area contributed by atoms with Crippen molar-refractivity contribution in [3.63, 3.8) is 0 Å². The van der Waals surface area contributed by atoms with Crippen LogP contribution in [0.2, 0.25) is 0 Å². The first-order valence-corrected chi connectivity index (χ1v) is 8.77. The number of thiazole rings is 1. The molecule has 1 aromatic rings. The van der Waals surface area contributed by atoms with E-state index in [0.29, 0.717) is 12.0 Å². The standard InChI is InChI=1S/C16H28N2S/c1-4-17-14(10-13-8-6-5-7-9-13)16-18-15(11-19-16)12(2)3/h11-14,17H,4-10H2,1-3H3. The second-order valence-corrected chi connectivity index (χ2v) is 7.00. The van der Waals surface area contributed by atoms with Crippen LogP contribution in [-0.2, 0) is 0 Å². The molecule has 3 heteroatoms. The van der Waals surface area contributed by atoms with Crippen LogP contribution in [0.4, 0.5) is 0 Å². The Morgan fingerprint density at radius 1 is 1.32 bits per heavy atom. The van der Waals surface area contributed by atoms with Gasteiger partial charge >= 0.3 is 0 Å². The van der Waals surface area contributed by atoms with E-state index in [0.717, 1.165) is 12.5 Å². The lowest BCUT2D eigenvalue weighted by atomic mass is 9.85. The second kappa shape index (κ2) is 7.39. The summed E-state index contributed by atoms with van der Waals surface area (Å²) < 4.78 is 0. The smallest absolute Gasteiger partial charge is 0.110 e. The first-order chi connectivity index (χ1) is 9.20. The summed E-state index contributed by atoms with van der Waals surface area (Å²) in [6.45, 7) is 7.68. The molecule has 0 radical (unpaired) electrons. The molecule has 1 aliphatic rings. The zero-order chi connectivity index (χ0) is 13.7. The maximum atomic E-state index is 4.85. The highest BCUT2D eigenvalue weighted by Crippen LogP contribution is 2.33. The molecule has 1 fully saturated rings. The van der Waals surface area contributed by atoms with E-state index >= 15 is 0 Å². The highest BCUT2D eigenvalue weighted by Gasteiger charge is 2.22. The van der Waals surface area contributed by atoms with Gasteiger partial charge in [-0.1, -0.05) is 52.9 Å². The lowest BCUT2D eigenvalue weighted by Gasteiger charge is -2.26. The highest BCUT2D eigenvalue weighted by atomic mass is 32.1. The molecule has 1 saturated carbocycles. The third kappa shape index (κ3) is 4.28. The summed E-state index contributed by atoms with van der Waals surface area (Å²) in [7, 11) is 0. The van der Waals surface area contributed by atoms with Crippen LogP contribution in [0.25, 0.3) is 0 Å². The average molecular weight is 280 g/mol. The van der Waals surface area contributed by atoms with Crippen molar-refractivity contribution >= 4 is 11.3 Å². The Kier molecular flexibility index (Phi) is 5.83. The van der Waals surface area contributed by atoms with Crippen LogP contribution in [0.15, 0.2) is 5.38 Å². The van der Waals surface area contributed by atoms with Gasteiger partial charge in [-0.15, -0.1) is 11.3 Å². The lowest BCUT2D eigenvalue weighted by molar-refractivity contribution is 0.301. The van der Waals surface area contributed by atoms with Gasteiger partial charge in [0.1, 0.15) is 5.01 Å². The van der Waals surface area contributed by atoms with Gasteiger partial charge in [0, 0.05) is 5.38 Å². The van der Waals surface area contributed by atoms with Crippen molar-refractivity contribution in [1.29, 1.82) is 0 Å². The van der Waals surface area contributed by atoms with Crippen molar-refractivity contribution in [1.82, 2.24) is 10.3 Å². The second-order valence-electron chi connectivity index (χ2n) is 6.12. The van der Waals surface area contributed by atoms with E-state index in [1.54, 1.807) is 0 Å². The monoisotopic (exact) mass is 280 g/mol. The fourth-order valence-corrected chi connectivity index (χ4v) is 4.07. The van der Waals surface area contributed by atoms with E-state index in [2.05, 4.69) is 31.5 Å². The molecule has 1 atom stereocenters. The van der Waals surface area contributed by atoms with Gasteiger partial charge in [-0.3, -0.25) is 0 Å². The van der Waals surface area contributed by atoms with Gasteiger partial charge in [-0.2, -0.15) is 0 Å². The van der Waals surface area contributed by atoms with Gasteiger partial charge in [0.25, 0.3) is 0 Å². The molecule has 108 valence electrons. The van der Waals surface area contributed by atoms with Gasteiger partial charge in [-0.05, 0) is 24.8 Å². The van der Waals surface area contributed by atoms with Crippen LogP contribution in [0.5, 0.6) is 0 Å². The molecule has 1 unspecified atom stereocenters. The topological polar surface area (TPSA) is 24.9 Å². The summed E-state index contributed by atoms with van der Waals surface area (Å²) in [5.41, 5.74) is 1.26. The molecule has 2 nitrogen and oxygen atoms in total. The summed E-state index contributed by atoms with van der Waals surface area (Å²) >= 11 is 1.84. The number of nitrogens with zero attached hydrogens (tertiary/aromatic N) is 1. The molecule has 0 amide bonds. The number of rotatable bonds is 6. The van der Waals surface area contributed by atoms with Crippen LogP contribution in [0, 0.1) is 5.92 Å². The Labute approximate surface area is 122 Å². The molecule has 0 bridgehead atoms. The van der Waals surface area contributed by atoms with Crippen molar-refractivity contribution in [2.24, 2.45) is 5.92 Å². The number of hydrogen-bond acceptors (Lipinski definition) is 3. The SMILES string of the molecule is CCNC(CC1CCCCC1)c1nc(C(C)C)cs1. The Bertz CT molecular complexity index is 367.